The predicted molar refractivity (Wildman–Crippen MR) is 109 cm³/mol. The number of aromatic nitrogens is 2. The zero-order valence-corrected chi connectivity index (χ0v) is 16.8. The summed E-state index contributed by atoms with van der Waals surface area (Å²) in [7, 11) is 0. The van der Waals surface area contributed by atoms with Crippen molar-refractivity contribution in [1.82, 2.24) is 9.97 Å². The quantitative estimate of drug-likeness (QED) is 0.610. The molecule has 1 amide bonds. The van der Waals surface area contributed by atoms with Gasteiger partial charge < -0.3 is 9.73 Å². The Bertz CT molecular complexity index is 1110. The van der Waals surface area contributed by atoms with E-state index in [0.29, 0.717) is 44.7 Å². The smallest absolute Gasteiger partial charge is 0.257 e. The fraction of sp³-hybridized carbons (Fsp3) is 0.333. The lowest BCUT2D eigenvalue weighted by molar-refractivity contribution is 0.102. The number of hydrogen-bond acceptors (Lipinski definition) is 6. The van der Waals surface area contributed by atoms with Crippen LogP contribution in [0, 0.1) is 11.3 Å². The first kappa shape index (κ1) is 18.5. The average Bonchev–Trinajstić information content (AvgIpc) is 3.45. The Balaban J connectivity index is 1.67. The van der Waals surface area contributed by atoms with Crippen molar-refractivity contribution in [2.45, 2.75) is 43.6 Å². The average molecular weight is 392 g/mol. The number of fused-ring (bicyclic) bond motifs is 1. The molecule has 0 bridgehead atoms. The molecule has 0 atom stereocenters. The number of amides is 1. The van der Waals surface area contributed by atoms with Crippen molar-refractivity contribution in [3.05, 3.63) is 47.0 Å². The van der Waals surface area contributed by atoms with Crippen molar-refractivity contribution in [2.24, 2.45) is 0 Å². The molecular weight excluding hydrogens is 372 g/mol. The zero-order valence-electron chi connectivity index (χ0n) is 15.9. The Morgan fingerprint density at radius 1 is 1.32 bits per heavy atom. The van der Waals surface area contributed by atoms with Gasteiger partial charge in [-0.3, -0.25) is 4.79 Å². The highest BCUT2D eigenvalue weighted by atomic mass is 32.2. The summed E-state index contributed by atoms with van der Waals surface area (Å²) in [4.78, 5) is 22.0. The van der Waals surface area contributed by atoms with E-state index in [0.717, 1.165) is 18.5 Å². The van der Waals surface area contributed by atoms with E-state index in [1.807, 2.05) is 20.1 Å². The van der Waals surface area contributed by atoms with Crippen molar-refractivity contribution in [3.8, 4) is 6.07 Å². The third-order valence-corrected chi connectivity index (χ3v) is 5.39. The Hall–Kier alpha value is -2.85. The molecular formula is C21H20N4O2S. The van der Waals surface area contributed by atoms with Crippen molar-refractivity contribution in [2.75, 3.05) is 11.6 Å². The molecule has 0 unspecified atom stereocenters. The number of oxazole rings is 1. The monoisotopic (exact) mass is 392 g/mol. The van der Waals surface area contributed by atoms with Gasteiger partial charge in [-0.2, -0.15) is 5.26 Å². The van der Waals surface area contributed by atoms with Crippen molar-refractivity contribution >= 4 is 34.5 Å². The third-order valence-electron chi connectivity index (χ3n) is 4.71. The maximum Gasteiger partial charge on any atom is 0.257 e. The largest absolute Gasteiger partial charge is 0.440 e. The lowest BCUT2D eigenvalue weighted by atomic mass is 10.1. The minimum Gasteiger partial charge on any atom is -0.440 e. The first-order chi connectivity index (χ1) is 13.5. The van der Waals surface area contributed by atoms with Crippen LogP contribution < -0.4 is 5.32 Å². The van der Waals surface area contributed by atoms with Crippen LogP contribution in [-0.2, 0) is 0 Å². The van der Waals surface area contributed by atoms with Crippen LogP contribution in [0.25, 0.3) is 11.1 Å². The number of pyridine rings is 1. The van der Waals surface area contributed by atoms with Gasteiger partial charge in [-0.05, 0) is 43.4 Å². The summed E-state index contributed by atoms with van der Waals surface area (Å²) in [5.41, 5.74) is 3.57. The van der Waals surface area contributed by atoms with Crippen molar-refractivity contribution < 1.29 is 9.21 Å². The lowest BCUT2D eigenvalue weighted by Crippen LogP contribution is -2.15. The van der Waals surface area contributed by atoms with E-state index in [9.17, 15) is 10.1 Å². The second kappa shape index (κ2) is 7.28. The zero-order chi connectivity index (χ0) is 19.8. The van der Waals surface area contributed by atoms with Gasteiger partial charge in [0.2, 0.25) is 0 Å². The van der Waals surface area contributed by atoms with E-state index in [1.165, 1.54) is 11.8 Å². The molecule has 4 rings (SSSR count). The second-order valence-corrected chi connectivity index (χ2v) is 8.00. The normalized spacial score (nSPS) is 13.7. The Morgan fingerprint density at radius 2 is 2.11 bits per heavy atom. The van der Waals surface area contributed by atoms with Crippen LogP contribution in [0.4, 0.5) is 5.69 Å². The van der Waals surface area contributed by atoms with E-state index >= 15 is 0 Å². The molecule has 2 heterocycles. The summed E-state index contributed by atoms with van der Waals surface area (Å²) in [5, 5.41) is 13.1. The molecule has 1 N–H and O–H groups in total. The molecule has 0 aliphatic heterocycles. The van der Waals surface area contributed by atoms with Gasteiger partial charge in [-0.1, -0.05) is 13.8 Å². The SMILES string of the molecule is CSc1nc(C2CC2)cc(C(=O)Nc2ccc3oc(C(C)C)nc3c2)c1C#N. The molecule has 6 nitrogen and oxygen atoms in total. The highest BCUT2D eigenvalue weighted by Gasteiger charge is 2.28. The molecule has 0 spiro atoms. The molecule has 1 aliphatic carbocycles. The summed E-state index contributed by atoms with van der Waals surface area (Å²) in [6.45, 7) is 4.03. The maximum absolute atomic E-state index is 13.0. The number of thioether (sulfide) groups is 1. The number of nitrogens with zero attached hydrogens (tertiary/aromatic N) is 3. The van der Waals surface area contributed by atoms with Gasteiger partial charge in [-0.15, -0.1) is 11.8 Å². The fourth-order valence-electron chi connectivity index (χ4n) is 3.03. The molecule has 2 aromatic heterocycles. The van der Waals surface area contributed by atoms with Gasteiger partial charge in [0.05, 0.1) is 11.1 Å². The van der Waals surface area contributed by atoms with Crippen molar-refractivity contribution in [1.29, 1.82) is 5.26 Å². The molecule has 1 fully saturated rings. The maximum atomic E-state index is 13.0. The van der Waals surface area contributed by atoms with Gasteiger partial charge in [0, 0.05) is 23.2 Å². The van der Waals surface area contributed by atoms with Gasteiger partial charge in [0.15, 0.2) is 11.5 Å². The minimum atomic E-state index is -0.317. The molecule has 1 aliphatic rings. The number of anilines is 1. The predicted octanol–water partition coefficient (Wildman–Crippen LogP) is 5.07. The highest BCUT2D eigenvalue weighted by molar-refractivity contribution is 7.98. The lowest BCUT2D eigenvalue weighted by Gasteiger charge is -2.11. The van der Waals surface area contributed by atoms with Crippen LogP contribution >= 0.6 is 11.8 Å². The van der Waals surface area contributed by atoms with E-state index in [-0.39, 0.29) is 11.8 Å². The van der Waals surface area contributed by atoms with Crippen LogP contribution in [0.2, 0.25) is 0 Å². The summed E-state index contributed by atoms with van der Waals surface area (Å²) in [6, 6.07) is 9.26. The molecule has 0 saturated heterocycles. The molecule has 142 valence electrons. The summed E-state index contributed by atoms with van der Waals surface area (Å²) in [6.07, 6.45) is 4.02. The van der Waals surface area contributed by atoms with Crippen LogP contribution in [-0.4, -0.2) is 22.1 Å². The number of nitriles is 1. The van der Waals surface area contributed by atoms with Gasteiger partial charge in [0.25, 0.3) is 5.91 Å². The van der Waals surface area contributed by atoms with E-state index in [1.54, 1.807) is 24.3 Å². The summed E-state index contributed by atoms with van der Waals surface area (Å²) >= 11 is 1.39. The first-order valence-corrected chi connectivity index (χ1v) is 10.4. The van der Waals surface area contributed by atoms with E-state index in [2.05, 4.69) is 21.4 Å². The third kappa shape index (κ3) is 3.48. The number of carbonyl (C=O) groups is 1. The Morgan fingerprint density at radius 3 is 2.75 bits per heavy atom. The Labute approximate surface area is 167 Å². The fourth-order valence-corrected chi connectivity index (χ4v) is 3.59. The number of rotatable bonds is 5. The molecule has 28 heavy (non-hydrogen) atoms. The van der Waals surface area contributed by atoms with Crippen molar-refractivity contribution in [3.63, 3.8) is 0 Å². The topological polar surface area (TPSA) is 91.8 Å². The second-order valence-electron chi connectivity index (χ2n) is 7.21. The molecule has 1 saturated carbocycles. The van der Waals surface area contributed by atoms with Crippen LogP contribution in [0.5, 0.6) is 0 Å². The number of carbonyl (C=O) groups excluding carboxylic acids is 1. The van der Waals surface area contributed by atoms with Gasteiger partial charge in [-0.25, -0.2) is 9.97 Å². The molecule has 0 radical (unpaired) electrons. The van der Waals surface area contributed by atoms with Gasteiger partial charge in [0.1, 0.15) is 16.6 Å². The minimum absolute atomic E-state index is 0.186. The number of hydrogen-bond donors (Lipinski definition) is 1. The number of benzene rings is 1. The van der Waals surface area contributed by atoms with E-state index < -0.39 is 0 Å². The summed E-state index contributed by atoms with van der Waals surface area (Å²) < 4.78 is 5.71. The Kier molecular flexibility index (Phi) is 4.82. The molecule has 1 aromatic carbocycles. The first-order valence-electron chi connectivity index (χ1n) is 9.21. The van der Waals surface area contributed by atoms with Crippen LogP contribution in [0.15, 0.2) is 33.7 Å². The molecule has 7 heteroatoms. The summed E-state index contributed by atoms with van der Waals surface area (Å²) in [5.74, 6) is 0.929. The number of nitrogens with one attached hydrogen (secondary N) is 1. The molecule has 3 aromatic rings. The van der Waals surface area contributed by atoms with Gasteiger partial charge >= 0.3 is 0 Å². The van der Waals surface area contributed by atoms with Crippen LogP contribution in [0.1, 0.15) is 66.0 Å². The standard InChI is InChI=1S/C21H20N4O2S/c1-11(2)20-24-17-8-13(6-7-18(17)27-20)23-19(26)14-9-16(12-4-5-12)25-21(28-3)15(14)10-22/h6-9,11-12H,4-5H2,1-3H3,(H,23,26). The van der Waals surface area contributed by atoms with Crippen LogP contribution in [0.3, 0.4) is 0 Å². The highest BCUT2D eigenvalue weighted by Crippen LogP contribution is 2.40. The van der Waals surface area contributed by atoms with E-state index in [4.69, 9.17) is 4.42 Å².